The lowest BCUT2D eigenvalue weighted by Crippen LogP contribution is -2.27. The van der Waals surface area contributed by atoms with Crippen LogP contribution in [0, 0.1) is 0 Å². The summed E-state index contributed by atoms with van der Waals surface area (Å²) in [5.41, 5.74) is 4.27. The third kappa shape index (κ3) is 5.84. The number of benzene rings is 2. The average molecular weight is 513 g/mol. The first-order valence-corrected chi connectivity index (χ1v) is 13.3. The number of aromatic amines is 1. The molecule has 0 saturated heterocycles. The van der Waals surface area contributed by atoms with Gasteiger partial charge in [0.05, 0.1) is 5.69 Å². The number of aromatic carboxylic acids is 1. The minimum absolute atomic E-state index is 0.00492. The van der Waals surface area contributed by atoms with Gasteiger partial charge in [-0.15, -0.1) is 0 Å². The van der Waals surface area contributed by atoms with Gasteiger partial charge < -0.3 is 29.9 Å². The van der Waals surface area contributed by atoms with Gasteiger partial charge in [-0.2, -0.15) is 0 Å². The highest BCUT2D eigenvalue weighted by molar-refractivity contribution is 7.60. The molecule has 0 aliphatic heterocycles. The van der Waals surface area contributed by atoms with E-state index in [0.29, 0.717) is 19.4 Å². The molecule has 4 rings (SSSR count). The first-order chi connectivity index (χ1) is 17.3. The molecule has 1 aromatic heterocycles. The molecule has 0 fully saturated rings. The summed E-state index contributed by atoms with van der Waals surface area (Å²) in [5, 5.41) is 11.8. The lowest BCUT2D eigenvalue weighted by Gasteiger charge is -2.14. The minimum Gasteiger partial charge on any atom is -0.475 e. The number of nitrogens with zero attached hydrogens (tertiary/aromatic N) is 1. The minimum atomic E-state index is -4.67. The van der Waals surface area contributed by atoms with Crippen molar-refractivity contribution < 1.29 is 33.8 Å². The van der Waals surface area contributed by atoms with Crippen LogP contribution in [0.4, 0.5) is 4.79 Å². The molecule has 11 heteroatoms. The van der Waals surface area contributed by atoms with Crippen molar-refractivity contribution in [3.8, 4) is 11.1 Å². The second kappa shape index (κ2) is 11.1. The van der Waals surface area contributed by atoms with E-state index in [-0.39, 0.29) is 24.6 Å². The number of carbonyl (C=O) groups is 2. The van der Waals surface area contributed by atoms with Crippen LogP contribution < -0.4 is 10.8 Å². The number of nitrogens with one attached hydrogen (secondary N) is 2. The summed E-state index contributed by atoms with van der Waals surface area (Å²) in [6.07, 6.45) is 2.59. The predicted octanol–water partition coefficient (Wildman–Crippen LogP) is 3.55. The molecule has 2 aromatic carbocycles. The number of alkyl carbamates (subject to hydrolysis) is 1. The van der Waals surface area contributed by atoms with Gasteiger partial charge in [0.2, 0.25) is 5.82 Å². The number of fused-ring (bicyclic) bond motifs is 3. The monoisotopic (exact) mass is 513 g/mol. The van der Waals surface area contributed by atoms with Crippen LogP contribution >= 0.6 is 7.60 Å². The van der Waals surface area contributed by atoms with Gasteiger partial charge in [0.1, 0.15) is 6.61 Å². The smallest absolute Gasteiger partial charge is 0.407 e. The molecule has 1 aliphatic carbocycles. The largest absolute Gasteiger partial charge is 0.475 e. The SMILES string of the molecule is O=C(NCCCCCCc1[nH]c(C(=O)O)nc1P(=O)(O)O)OCC1c2ccccc2-c2ccccc21. The van der Waals surface area contributed by atoms with Gasteiger partial charge in [0, 0.05) is 12.5 Å². The quantitative estimate of drug-likeness (QED) is 0.192. The predicted molar refractivity (Wildman–Crippen MR) is 132 cm³/mol. The van der Waals surface area contributed by atoms with Gasteiger partial charge in [0.15, 0.2) is 5.44 Å². The second-order valence-electron chi connectivity index (χ2n) is 8.65. The van der Waals surface area contributed by atoms with Crippen LogP contribution in [0.25, 0.3) is 11.1 Å². The van der Waals surface area contributed by atoms with Crippen LogP contribution in [-0.2, 0) is 15.7 Å². The molecule has 0 spiro atoms. The van der Waals surface area contributed by atoms with Gasteiger partial charge in [-0.1, -0.05) is 61.4 Å². The maximum Gasteiger partial charge on any atom is 0.407 e. The highest BCUT2D eigenvalue weighted by atomic mass is 31.2. The van der Waals surface area contributed by atoms with Gasteiger partial charge >= 0.3 is 19.7 Å². The molecule has 1 aliphatic rings. The van der Waals surface area contributed by atoms with E-state index in [4.69, 9.17) is 9.84 Å². The fourth-order valence-electron chi connectivity index (χ4n) is 4.54. The normalized spacial score (nSPS) is 12.7. The van der Waals surface area contributed by atoms with Crippen LogP contribution in [0.1, 0.15) is 59.0 Å². The number of ether oxygens (including phenoxy) is 1. The summed E-state index contributed by atoms with van der Waals surface area (Å²) >= 11 is 0. The number of rotatable bonds is 11. The van der Waals surface area contributed by atoms with E-state index >= 15 is 0 Å². The standard InChI is InChI=1S/C25H28N3O7P/c29-24(30)22-27-21(23(28-22)36(32,33)34)13-3-1-2-8-14-26-25(31)35-15-20-18-11-6-4-9-16(18)17-10-5-7-12-19(17)20/h4-7,9-12,20H,1-3,8,13-15H2,(H,26,31)(H,27,28)(H,29,30)(H2,32,33,34). The van der Waals surface area contributed by atoms with Gasteiger partial charge in [-0.25, -0.2) is 14.6 Å². The van der Waals surface area contributed by atoms with Gasteiger partial charge in [0.25, 0.3) is 0 Å². The Bertz CT molecular complexity index is 1250. The molecule has 0 saturated carbocycles. The Hall–Kier alpha value is -3.46. The number of amides is 1. The Morgan fingerprint density at radius 3 is 2.19 bits per heavy atom. The van der Waals surface area contributed by atoms with Crippen LogP contribution in [0.2, 0.25) is 0 Å². The van der Waals surface area contributed by atoms with Crippen molar-refractivity contribution >= 4 is 25.1 Å². The number of carbonyl (C=O) groups excluding carboxylic acids is 1. The van der Waals surface area contributed by atoms with Crippen LogP contribution in [0.15, 0.2) is 48.5 Å². The molecule has 5 N–H and O–H groups in total. The number of hydrogen-bond donors (Lipinski definition) is 5. The van der Waals surface area contributed by atoms with E-state index in [1.807, 2.05) is 24.3 Å². The van der Waals surface area contributed by atoms with E-state index < -0.39 is 30.9 Å². The number of H-pyrrole nitrogens is 1. The Balaban J connectivity index is 1.17. The van der Waals surface area contributed by atoms with Gasteiger partial charge in [-0.3, -0.25) is 4.57 Å². The zero-order valence-corrected chi connectivity index (χ0v) is 20.4. The summed E-state index contributed by atoms with van der Waals surface area (Å²) in [7, 11) is -4.67. The third-order valence-corrected chi connectivity index (χ3v) is 7.12. The lowest BCUT2D eigenvalue weighted by molar-refractivity contribution is 0.0684. The van der Waals surface area contributed by atoms with Crippen molar-refractivity contribution in [3.05, 3.63) is 71.2 Å². The van der Waals surface area contributed by atoms with E-state index in [9.17, 15) is 23.9 Å². The van der Waals surface area contributed by atoms with E-state index in [1.165, 1.54) is 11.1 Å². The summed E-state index contributed by atoms with van der Waals surface area (Å²) in [6, 6.07) is 16.3. The number of unbranched alkanes of at least 4 members (excludes halogenated alkanes) is 3. The Labute approximate surface area is 207 Å². The fourth-order valence-corrected chi connectivity index (χ4v) is 5.29. The van der Waals surface area contributed by atoms with Gasteiger partial charge in [-0.05, 0) is 41.5 Å². The van der Waals surface area contributed by atoms with Crippen molar-refractivity contribution in [1.82, 2.24) is 15.3 Å². The third-order valence-electron chi connectivity index (χ3n) is 6.20. The molecule has 0 bridgehead atoms. The molecule has 36 heavy (non-hydrogen) atoms. The molecule has 0 atom stereocenters. The molecular weight excluding hydrogens is 485 g/mol. The zero-order valence-electron chi connectivity index (χ0n) is 19.5. The van der Waals surface area contributed by atoms with Crippen molar-refractivity contribution in [2.75, 3.05) is 13.2 Å². The van der Waals surface area contributed by atoms with E-state index in [0.717, 1.165) is 24.0 Å². The molecular formula is C25H28N3O7P. The number of aromatic nitrogens is 2. The fraction of sp³-hybridized carbons (Fsp3) is 0.320. The van der Waals surface area contributed by atoms with Crippen LogP contribution in [0.5, 0.6) is 0 Å². The molecule has 10 nitrogen and oxygen atoms in total. The number of imidazole rings is 1. The number of carboxylic acids is 1. The summed E-state index contributed by atoms with van der Waals surface area (Å²) in [5.74, 6) is -1.86. The number of carboxylic acid groups (broad SMARTS) is 1. The topological polar surface area (TPSA) is 162 Å². The van der Waals surface area contributed by atoms with E-state index in [2.05, 4.69) is 39.6 Å². The second-order valence-corrected chi connectivity index (χ2v) is 10.2. The van der Waals surface area contributed by atoms with Crippen LogP contribution in [0.3, 0.4) is 0 Å². The highest BCUT2D eigenvalue weighted by Gasteiger charge is 2.29. The highest BCUT2D eigenvalue weighted by Crippen LogP contribution is 2.44. The average Bonchev–Trinajstić information content (AvgIpc) is 3.42. The number of hydrogen-bond acceptors (Lipinski definition) is 5. The Morgan fingerprint density at radius 2 is 1.58 bits per heavy atom. The zero-order chi connectivity index (χ0) is 25.7. The first-order valence-electron chi connectivity index (χ1n) is 11.7. The Kier molecular flexibility index (Phi) is 7.88. The van der Waals surface area contributed by atoms with Crippen molar-refractivity contribution in [3.63, 3.8) is 0 Å². The maximum absolute atomic E-state index is 12.2. The van der Waals surface area contributed by atoms with Crippen molar-refractivity contribution in [1.29, 1.82) is 0 Å². The molecule has 3 aromatic rings. The number of aryl methyl sites for hydroxylation is 1. The Morgan fingerprint density at radius 1 is 0.972 bits per heavy atom. The first kappa shape index (κ1) is 25.6. The summed E-state index contributed by atoms with van der Waals surface area (Å²) < 4.78 is 17.1. The van der Waals surface area contributed by atoms with E-state index in [1.54, 1.807) is 0 Å². The van der Waals surface area contributed by atoms with Crippen LogP contribution in [-0.4, -0.2) is 50.1 Å². The summed E-state index contributed by atoms with van der Waals surface area (Å²) in [6.45, 7) is 0.696. The molecule has 190 valence electrons. The summed E-state index contributed by atoms with van der Waals surface area (Å²) in [4.78, 5) is 48.0. The molecule has 0 radical (unpaired) electrons. The molecule has 0 unspecified atom stereocenters. The van der Waals surface area contributed by atoms with Crippen molar-refractivity contribution in [2.24, 2.45) is 0 Å². The maximum atomic E-state index is 12.2. The molecule has 1 heterocycles. The molecule has 1 amide bonds. The lowest BCUT2D eigenvalue weighted by atomic mass is 9.98. The van der Waals surface area contributed by atoms with Crippen molar-refractivity contribution in [2.45, 2.75) is 38.0 Å².